The minimum atomic E-state index is 0.388. The maximum Gasteiger partial charge on any atom is 0.223 e. The summed E-state index contributed by atoms with van der Waals surface area (Å²) in [6.07, 6.45) is 4.12. The Balaban J connectivity index is 1.58. The molecule has 0 aliphatic carbocycles. The highest BCUT2D eigenvalue weighted by Gasteiger charge is 2.21. The lowest BCUT2D eigenvalue weighted by molar-refractivity contribution is 0.193. The Morgan fingerprint density at radius 2 is 2.33 bits per heavy atom. The van der Waals surface area contributed by atoms with Crippen LogP contribution in [0.25, 0.3) is 0 Å². The molecule has 1 unspecified atom stereocenters. The van der Waals surface area contributed by atoms with E-state index in [0.29, 0.717) is 6.04 Å². The van der Waals surface area contributed by atoms with Gasteiger partial charge in [-0.2, -0.15) is 0 Å². The molecule has 0 aromatic carbocycles. The van der Waals surface area contributed by atoms with E-state index in [1.54, 1.807) is 6.20 Å². The predicted molar refractivity (Wildman–Crippen MR) is 85.1 cm³/mol. The van der Waals surface area contributed by atoms with Gasteiger partial charge in [0, 0.05) is 24.5 Å². The molecule has 2 aromatic rings. The van der Waals surface area contributed by atoms with Crippen molar-refractivity contribution in [2.45, 2.75) is 32.4 Å². The lowest BCUT2D eigenvalue weighted by Gasteiger charge is -2.32. The summed E-state index contributed by atoms with van der Waals surface area (Å²) in [6, 6.07) is 6.26. The Hall–Kier alpha value is -1.40. The molecule has 3 rings (SSSR count). The fourth-order valence-electron chi connectivity index (χ4n) is 2.68. The maximum absolute atomic E-state index is 5.59. The van der Waals surface area contributed by atoms with Gasteiger partial charge in [0.15, 0.2) is 4.67 Å². The van der Waals surface area contributed by atoms with Crippen molar-refractivity contribution in [3.8, 4) is 0 Å². The summed E-state index contributed by atoms with van der Waals surface area (Å²) >= 11 is 3.35. The molecular formula is C15H19BrN4O. The molecule has 0 saturated carbocycles. The second kappa shape index (κ2) is 6.58. The third kappa shape index (κ3) is 4.04. The van der Waals surface area contributed by atoms with Crippen LogP contribution in [0.3, 0.4) is 0 Å². The molecular weight excluding hydrogens is 332 g/mol. The number of halogens is 1. The quantitative estimate of drug-likeness (QED) is 0.917. The van der Waals surface area contributed by atoms with Crippen LogP contribution in [0.5, 0.6) is 0 Å². The highest BCUT2D eigenvalue weighted by molar-refractivity contribution is 9.10. The van der Waals surface area contributed by atoms with E-state index in [0.717, 1.165) is 48.1 Å². The first kappa shape index (κ1) is 14.5. The lowest BCUT2D eigenvalue weighted by Crippen LogP contribution is -2.41. The summed E-state index contributed by atoms with van der Waals surface area (Å²) in [4.78, 5) is 11.1. The predicted octanol–water partition coefficient (Wildman–Crippen LogP) is 3.22. The van der Waals surface area contributed by atoms with Crippen molar-refractivity contribution < 1.29 is 4.42 Å². The molecule has 1 atom stereocenters. The van der Waals surface area contributed by atoms with Crippen LogP contribution in [0, 0.1) is 6.92 Å². The smallest absolute Gasteiger partial charge is 0.223 e. The average Bonchev–Trinajstić information content (AvgIpc) is 2.84. The van der Waals surface area contributed by atoms with Crippen molar-refractivity contribution in [2.75, 3.05) is 18.4 Å². The van der Waals surface area contributed by atoms with Crippen LogP contribution in [0.2, 0.25) is 0 Å². The van der Waals surface area contributed by atoms with Crippen LogP contribution >= 0.6 is 15.9 Å². The summed E-state index contributed by atoms with van der Waals surface area (Å²) in [5, 5.41) is 3.44. The van der Waals surface area contributed by atoms with Gasteiger partial charge >= 0.3 is 0 Å². The van der Waals surface area contributed by atoms with E-state index in [4.69, 9.17) is 4.42 Å². The van der Waals surface area contributed by atoms with Crippen molar-refractivity contribution in [1.82, 2.24) is 14.9 Å². The highest BCUT2D eigenvalue weighted by atomic mass is 79.9. The van der Waals surface area contributed by atoms with Crippen LogP contribution in [0.15, 0.2) is 33.5 Å². The number of anilines is 1. The minimum absolute atomic E-state index is 0.388. The van der Waals surface area contributed by atoms with Gasteiger partial charge < -0.3 is 9.73 Å². The number of hydrogen-bond donors (Lipinski definition) is 1. The third-order valence-electron chi connectivity index (χ3n) is 3.64. The molecule has 1 aliphatic rings. The van der Waals surface area contributed by atoms with Crippen LogP contribution in [0.4, 0.5) is 5.95 Å². The van der Waals surface area contributed by atoms with E-state index in [1.807, 2.05) is 25.1 Å². The summed E-state index contributed by atoms with van der Waals surface area (Å²) in [5.74, 6) is 1.72. The molecule has 21 heavy (non-hydrogen) atoms. The topological polar surface area (TPSA) is 54.2 Å². The zero-order chi connectivity index (χ0) is 14.7. The van der Waals surface area contributed by atoms with Gasteiger partial charge in [-0.05, 0) is 60.4 Å². The number of furan rings is 1. The van der Waals surface area contributed by atoms with Crippen LogP contribution in [0.1, 0.15) is 24.3 Å². The minimum Gasteiger partial charge on any atom is -0.453 e. The van der Waals surface area contributed by atoms with Crippen LogP contribution in [-0.2, 0) is 6.54 Å². The van der Waals surface area contributed by atoms with E-state index in [9.17, 15) is 0 Å². The maximum atomic E-state index is 5.59. The molecule has 6 heteroatoms. The number of nitrogens with zero attached hydrogens (tertiary/aromatic N) is 3. The second-order valence-electron chi connectivity index (χ2n) is 5.45. The molecule has 0 bridgehead atoms. The summed E-state index contributed by atoms with van der Waals surface area (Å²) in [7, 11) is 0. The van der Waals surface area contributed by atoms with Gasteiger partial charge in [0.05, 0.1) is 6.54 Å². The molecule has 0 radical (unpaired) electrons. The fraction of sp³-hybridized carbons (Fsp3) is 0.467. The van der Waals surface area contributed by atoms with Gasteiger partial charge in [0.1, 0.15) is 5.76 Å². The molecule has 0 amide bonds. The number of aromatic nitrogens is 2. The third-order valence-corrected chi connectivity index (χ3v) is 4.07. The number of nitrogens with one attached hydrogen (secondary N) is 1. The molecule has 112 valence electrons. The lowest BCUT2D eigenvalue weighted by atomic mass is 10.1. The van der Waals surface area contributed by atoms with E-state index < -0.39 is 0 Å². The standard InChI is InChI=1S/C15H19BrN4O/c1-11-6-7-17-15(18-11)19-12-3-2-8-20(9-12)10-13-4-5-14(16)21-13/h4-7,12H,2-3,8-10H2,1H3,(H,17,18,19). The highest BCUT2D eigenvalue weighted by Crippen LogP contribution is 2.19. The Bertz CT molecular complexity index is 601. The van der Waals surface area contributed by atoms with Gasteiger partial charge in [-0.25, -0.2) is 9.97 Å². The first-order valence-corrected chi connectivity index (χ1v) is 8.01. The van der Waals surface area contributed by atoms with Gasteiger partial charge in [0.25, 0.3) is 0 Å². The zero-order valence-electron chi connectivity index (χ0n) is 12.1. The largest absolute Gasteiger partial charge is 0.453 e. The number of rotatable bonds is 4. The van der Waals surface area contributed by atoms with E-state index in [1.165, 1.54) is 6.42 Å². The van der Waals surface area contributed by atoms with Gasteiger partial charge in [-0.3, -0.25) is 4.90 Å². The molecule has 3 heterocycles. The average molecular weight is 351 g/mol. The number of aryl methyl sites for hydroxylation is 1. The van der Waals surface area contributed by atoms with Crippen molar-refractivity contribution in [2.24, 2.45) is 0 Å². The molecule has 1 aliphatic heterocycles. The number of likely N-dealkylation sites (tertiary alicyclic amines) is 1. The number of hydrogen-bond acceptors (Lipinski definition) is 5. The molecule has 2 aromatic heterocycles. The van der Waals surface area contributed by atoms with E-state index in [-0.39, 0.29) is 0 Å². The van der Waals surface area contributed by atoms with Crippen molar-refractivity contribution in [3.05, 3.63) is 40.5 Å². The van der Waals surface area contributed by atoms with E-state index in [2.05, 4.69) is 36.1 Å². The molecule has 0 spiro atoms. The summed E-state index contributed by atoms with van der Waals surface area (Å²) in [6.45, 7) is 4.91. The molecule has 1 saturated heterocycles. The molecule has 1 N–H and O–H groups in total. The van der Waals surface area contributed by atoms with Gasteiger partial charge in [-0.15, -0.1) is 0 Å². The van der Waals surface area contributed by atoms with Crippen molar-refractivity contribution in [1.29, 1.82) is 0 Å². The summed E-state index contributed by atoms with van der Waals surface area (Å²) in [5.41, 5.74) is 0.987. The normalized spacial score (nSPS) is 19.6. The Labute approximate surface area is 132 Å². The second-order valence-corrected chi connectivity index (χ2v) is 6.23. The van der Waals surface area contributed by atoms with E-state index >= 15 is 0 Å². The van der Waals surface area contributed by atoms with Gasteiger partial charge in [-0.1, -0.05) is 0 Å². The first-order chi connectivity index (χ1) is 10.2. The van der Waals surface area contributed by atoms with Crippen LogP contribution < -0.4 is 5.32 Å². The fourth-order valence-corrected chi connectivity index (χ4v) is 3.02. The Morgan fingerprint density at radius 1 is 1.43 bits per heavy atom. The van der Waals surface area contributed by atoms with Gasteiger partial charge in [0.2, 0.25) is 5.95 Å². The zero-order valence-corrected chi connectivity index (χ0v) is 13.6. The van der Waals surface area contributed by atoms with Crippen LogP contribution in [-0.4, -0.2) is 34.0 Å². The Kier molecular flexibility index (Phi) is 4.55. The first-order valence-electron chi connectivity index (χ1n) is 7.22. The summed E-state index contributed by atoms with van der Waals surface area (Å²) < 4.78 is 6.37. The molecule has 5 nitrogen and oxygen atoms in total. The Morgan fingerprint density at radius 3 is 3.10 bits per heavy atom. The SMILES string of the molecule is Cc1ccnc(NC2CCCN(Cc3ccc(Br)o3)C2)n1. The number of piperidine rings is 1. The van der Waals surface area contributed by atoms with Crippen molar-refractivity contribution in [3.63, 3.8) is 0 Å². The van der Waals surface area contributed by atoms with Crippen molar-refractivity contribution >= 4 is 21.9 Å². The molecule has 1 fully saturated rings. The monoisotopic (exact) mass is 350 g/mol.